The smallest absolute Gasteiger partial charge is 0.0139 e. The molecule has 4 aliphatic rings. The summed E-state index contributed by atoms with van der Waals surface area (Å²) in [4.78, 5) is 5.87. The molecule has 4 saturated heterocycles. The minimum atomic E-state index is 0.910. The molecule has 5 unspecified atom stereocenters. The van der Waals surface area contributed by atoms with Gasteiger partial charge in [0.1, 0.15) is 0 Å². The highest BCUT2D eigenvalue weighted by atomic mass is 15.3. The molecule has 0 aromatic carbocycles. The minimum Gasteiger partial charge on any atom is -0.300 e. The lowest BCUT2D eigenvalue weighted by atomic mass is 9.67. The van der Waals surface area contributed by atoms with E-state index in [1.54, 1.807) is 6.42 Å². The highest BCUT2D eigenvalue weighted by molar-refractivity contribution is 5.04. The molecule has 2 heteroatoms. The first-order valence-corrected chi connectivity index (χ1v) is 8.88. The highest BCUT2D eigenvalue weighted by Crippen LogP contribution is 2.46. The van der Waals surface area contributed by atoms with Crippen molar-refractivity contribution in [2.45, 2.75) is 76.4 Å². The molecule has 108 valence electrons. The van der Waals surface area contributed by atoms with E-state index in [0.717, 1.165) is 30.0 Å². The van der Waals surface area contributed by atoms with Gasteiger partial charge in [0.2, 0.25) is 0 Å². The van der Waals surface area contributed by atoms with Crippen LogP contribution in [0, 0.1) is 11.8 Å². The molecule has 19 heavy (non-hydrogen) atoms. The topological polar surface area (TPSA) is 6.48 Å². The van der Waals surface area contributed by atoms with E-state index in [-0.39, 0.29) is 0 Å². The lowest BCUT2D eigenvalue weighted by Crippen LogP contribution is -2.67. The van der Waals surface area contributed by atoms with E-state index < -0.39 is 0 Å². The molecule has 2 nitrogen and oxygen atoms in total. The van der Waals surface area contributed by atoms with Crippen molar-refractivity contribution < 1.29 is 0 Å². The summed E-state index contributed by atoms with van der Waals surface area (Å²) < 4.78 is 0. The molecule has 2 bridgehead atoms. The first kappa shape index (κ1) is 12.6. The van der Waals surface area contributed by atoms with Crippen LogP contribution in [0.5, 0.6) is 0 Å². The van der Waals surface area contributed by atoms with Crippen LogP contribution in [0.25, 0.3) is 0 Å². The fourth-order valence-electron chi connectivity index (χ4n) is 5.98. The predicted molar refractivity (Wildman–Crippen MR) is 79.2 cm³/mol. The molecule has 0 saturated carbocycles. The standard InChI is InChI=1S/C17H30N2/c1-2-15-14-11-13(16-7-4-6-10-19(15)16)12-18-9-5-3-8-17(14)18/h13-17H,2-12H2,1H3. The Labute approximate surface area is 118 Å². The van der Waals surface area contributed by atoms with Gasteiger partial charge in [-0.05, 0) is 63.5 Å². The van der Waals surface area contributed by atoms with Gasteiger partial charge in [0.15, 0.2) is 0 Å². The second-order valence-electron chi connectivity index (χ2n) is 7.49. The summed E-state index contributed by atoms with van der Waals surface area (Å²) >= 11 is 0. The molecular weight excluding hydrogens is 232 g/mol. The van der Waals surface area contributed by atoms with Crippen molar-refractivity contribution in [1.82, 2.24) is 9.80 Å². The summed E-state index contributed by atoms with van der Waals surface area (Å²) in [5.74, 6) is 2.00. The molecule has 0 spiro atoms. The van der Waals surface area contributed by atoms with Crippen LogP contribution in [-0.4, -0.2) is 47.6 Å². The predicted octanol–water partition coefficient (Wildman–Crippen LogP) is 3.12. The zero-order valence-corrected chi connectivity index (χ0v) is 12.6. The summed E-state index contributed by atoms with van der Waals surface area (Å²) in [5.41, 5.74) is 0. The molecule has 4 fully saturated rings. The van der Waals surface area contributed by atoms with Gasteiger partial charge in [0, 0.05) is 24.7 Å². The van der Waals surface area contributed by atoms with Crippen LogP contribution < -0.4 is 0 Å². The summed E-state index contributed by atoms with van der Waals surface area (Å²) in [6.45, 7) is 6.68. The maximum Gasteiger partial charge on any atom is 0.0139 e. The van der Waals surface area contributed by atoms with Crippen LogP contribution in [0.2, 0.25) is 0 Å². The summed E-state index contributed by atoms with van der Waals surface area (Å²) in [7, 11) is 0. The minimum absolute atomic E-state index is 0.910. The number of rotatable bonds is 1. The zero-order chi connectivity index (χ0) is 12.8. The van der Waals surface area contributed by atoms with Crippen LogP contribution in [0.15, 0.2) is 0 Å². The van der Waals surface area contributed by atoms with Crippen LogP contribution in [0.3, 0.4) is 0 Å². The van der Waals surface area contributed by atoms with Crippen molar-refractivity contribution in [2.24, 2.45) is 11.8 Å². The van der Waals surface area contributed by atoms with Crippen LogP contribution in [-0.2, 0) is 0 Å². The number of piperidine rings is 4. The fraction of sp³-hybridized carbons (Fsp3) is 1.00. The third-order valence-corrected chi connectivity index (χ3v) is 6.68. The van der Waals surface area contributed by atoms with E-state index >= 15 is 0 Å². The third-order valence-electron chi connectivity index (χ3n) is 6.68. The van der Waals surface area contributed by atoms with Crippen LogP contribution in [0.1, 0.15) is 58.3 Å². The van der Waals surface area contributed by atoms with E-state index in [0.29, 0.717) is 0 Å². The van der Waals surface area contributed by atoms with Gasteiger partial charge in [-0.3, -0.25) is 9.80 Å². The Balaban J connectivity index is 1.63. The van der Waals surface area contributed by atoms with Crippen molar-refractivity contribution in [3.63, 3.8) is 0 Å². The molecular formula is C17H30N2. The van der Waals surface area contributed by atoms with Crippen LogP contribution in [0.4, 0.5) is 0 Å². The number of hydrogen-bond donors (Lipinski definition) is 0. The Morgan fingerprint density at radius 2 is 1.74 bits per heavy atom. The lowest BCUT2D eigenvalue weighted by molar-refractivity contribution is -0.107. The van der Waals surface area contributed by atoms with Gasteiger partial charge >= 0.3 is 0 Å². The third kappa shape index (κ3) is 1.98. The summed E-state index contributed by atoms with van der Waals surface area (Å²) in [6, 6.07) is 2.79. The molecule has 0 N–H and O–H groups in total. The van der Waals surface area contributed by atoms with E-state index in [2.05, 4.69) is 16.7 Å². The van der Waals surface area contributed by atoms with Gasteiger partial charge < -0.3 is 0 Å². The van der Waals surface area contributed by atoms with Crippen molar-refractivity contribution in [3.05, 3.63) is 0 Å². The molecule has 4 aliphatic heterocycles. The van der Waals surface area contributed by atoms with Gasteiger partial charge in [-0.1, -0.05) is 19.8 Å². The Kier molecular flexibility index (Phi) is 3.35. The van der Waals surface area contributed by atoms with E-state index in [4.69, 9.17) is 0 Å². The van der Waals surface area contributed by atoms with Gasteiger partial charge in [-0.2, -0.15) is 0 Å². The van der Waals surface area contributed by atoms with Crippen LogP contribution >= 0.6 is 0 Å². The molecule has 0 aromatic rings. The van der Waals surface area contributed by atoms with E-state index in [1.165, 1.54) is 64.6 Å². The SMILES string of the molecule is CCC1C2CC(CN3CCCCC23)C2CCCCN21. The largest absolute Gasteiger partial charge is 0.300 e. The van der Waals surface area contributed by atoms with Gasteiger partial charge in [-0.25, -0.2) is 0 Å². The number of hydrogen-bond acceptors (Lipinski definition) is 2. The normalized spacial score (nSPS) is 47.5. The van der Waals surface area contributed by atoms with Gasteiger partial charge in [0.05, 0.1) is 0 Å². The second-order valence-corrected chi connectivity index (χ2v) is 7.49. The zero-order valence-electron chi connectivity index (χ0n) is 12.6. The molecule has 0 aliphatic carbocycles. The van der Waals surface area contributed by atoms with Crippen molar-refractivity contribution >= 4 is 0 Å². The van der Waals surface area contributed by atoms with E-state index in [1.807, 2.05) is 0 Å². The fourth-order valence-corrected chi connectivity index (χ4v) is 5.98. The Morgan fingerprint density at radius 3 is 2.58 bits per heavy atom. The van der Waals surface area contributed by atoms with Crippen molar-refractivity contribution in [1.29, 1.82) is 0 Å². The molecule has 0 amide bonds. The molecule has 0 aromatic heterocycles. The Hall–Kier alpha value is -0.0800. The van der Waals surface area contributed by atoms with Crippen molar-refractivity contribution in [2.75, 3.05) is 19.6 Å². The number of fused-ring (bicyclic) bond motifs is 6. The maximum atomic E-state index is 2.97. The average Bonchev–Trinajstić information content (AvgIpc) is 2.48. The highest BCUT2D eigenvalue weighted by Gasteiger charge is 2.50. The molecule has 5 atom stereocenters. The quantitative estimate of drug-likeness (QED) is 0.716. The Morgan fingerprint density at radius 1 is 0.947 bits per heavy atom. The summed E-state index contributed by atoms with van der Waals surface area (Å²) in [5, 5.41) is 0. The van der Waals surface area contributed by atoms with Gasteiger partial charge in [-0.15, -0.1) is 0 Å². The Bertz CT molecular complexity index is 327. The molecule has 0 radical (unpaired) electrons. The molecule has 4 heterocycles. The monoisotopic (exact) mass is 262 g/mol. The maximum absolute atomic E-state index is 2.97. The second kappa shape index (κ2) is 5.04. The first-order chi connectivity index (χ1) is 9.38. The average molecular weight is 262 g/mol. The van der Waals surface area contributed by atoms with Gasteiger partial charge in [0.25, 0.3) is 0 Å². The van der Waals surface area contributed by atoms with E-state index in [9.17, 15) is 0 Å². The van der Waals surface area contributed by atoms with Crippen molar-refractivity contribution in [3.8, 4) is 0 Å². The lowest BCUT2D eigenvalue weighted by Gasteiger charge is -2.60. The first-order valence-electron chi connectivity index (χ1n) is 8.88. The molecule has 4 rings (SSSR count). The summed E-state index contributed by atoms with van der Waals surface area (Å²) in [6.07, 6.45) is 11.8. The number of nitrogens with zero attached hydrogens (tertiary/aromatic N) is 2.